The molecule has 1 aromatic heterocycles. The molecule has 22 heavy (non-hydrogen) atoms. The number of ether oxygens (including phenoxy) is 1. The Kier molecular flexibility index (Phi) is 5.49. The lowest BCUT2D eigenvalue weighted by molar-refractivity contribution is 0.145. The molecule has 0 radical (unpaired) electrons. The fourth-order valence-electron chi connectivity index (χ4n) is 2.16. The first-order chi connectivity index (χ1) is 10.5. The number of rotatable bonds is 6. The van der Waals surface area contributed by atoms with Gasteiger partial charge in [0.1, 0.15) is 10.9 Å². The summed E-state index contributed by atoms with van der Waals surface area (Å²) < 4.78 is 6.99. The Balaban J connectivity index is 2.38. The molecule has 6 heteroatoms. The van der Waals surface area contributed by atoms with Crippen LogP contribution < -0.4 is 5.73 Å². The van der Waals surface area contributed by atoms with E-state index >= 15 is 0 Å². The summed E-state index contributed by atoms with van der Waals surface area (Å²) in [5, 5.41) is 1.09. The Bertz CT molecular complexity index is 638. The highest BCUT2D eigenvalue weighted by Gasteiger charge is 2.20. The van der Waals surface area contributed by atoms with Crippen LogP contribution in [0.1, 0.15) is 38.2 Å². The van der Waals surface area contributed by atoms with Crippen molar-refractivity contribution >= 4 is 17.9 Å². The van der Waals surface area contributed by atoms with Crippen LogP contribution in [-0.2, 0) is 17.9 Å². The highest BCUT2D eigenvalue weighted by atomic mass is 32.2. The van der Waals surface area contributed by atoms with Gasteiger partial charge in [0.2, 0.25) is 0 Å². The largest absolute Gasteiger partial charge is 0.442 e. The molecule has 0 spiro atoms. The molecule has 1 amide bonds. The normalized spacial score (nSPS) is 10.9. The molecule has 0 fully saturated rings. The molecule has 1 aromatic carbocycles. The second kappa shape index (κ2) is 7.35. The number of aromatic nitrogens is 2. The zero-order chi connectivity index (χ0) is 16.1. The monoisotopic (exact) mass is 319 g/mol. The van der Waals surface area contributed by atoms with Crippen molar-refractivity contribution in [3.63, 3.8) is 0 Å². The van der Waals surface area contributed by atoms with Crippen molar-refractivity contribution in [3.8, 4) is 0 Å². The van der Waals surface area contributed by atoms with Crippen LogP contribution in [0.25, 0.3) is 0 Å². The minimum atomic E-state index is -0.783. The number of primary amides is 1. The first kappa shape index (κ1) is 16.4. The van der Waals surface area contributed by atoms with Gasteiger partial charge in [0.25, 0.3) is 0 Å². The van der Waals surface area contributed by atoms with E-state index in [2.05, 4.69) is 42.5 Å². The first-order valence-electron chi connectivity index (χ1n) is 7.27. The minimum Gasteiger partial charge on any atom is -0.442 e. The fraction of sp³-hybridized carbons (Fsp3) is 0.375. The molecule has 5 nitrogen and oxygen atoms in total. The second-order valence-corrected chi connectivity index (χ2v) is 6.20. The fourth-order valence-corrected chi connectivity index (χ4v) is 3.41. The SMILES string of the molecule is CCn1c(COC(N)=O)nc(C(C)C)c1Sc1ccccc1. The number of carbonyl (C=O) groups is 1. The van der Waals surface area contributed by atoms with Gasteiger partial charge in [-0.15, -0.1) is 0 Å². The summed E-state index contributed by atoms with van der Waals surface area (Å²) in [6.45, 7) is 7.12. The number of nitrogens with two attached hydrogens (primary N) is 1. The molecule has 0 atom stereocenters. The van der Waals surface area contributed by atoms with Gasteiger partial charge in [0.15, 0.2) is 6.61 Å². The highest BCUT2D eigenvalue weighted by Crippen LogP contribution is 2.34. The molecule has 1 heterocycles. The van der Waals surface area contributed by atoms with Gasteiger partial charge in [-0.25, -0.2) is 9.78 Å². The van der Waals surface area contributed by atoms with Crippen LogP contribution in [-0.4, -0.2) is 15.6 Å². The molecule has 0 aliphatic rings. The zero-order valence-corrected chi connectivity index (χ0v) is 13.9. The molecule has 0 aliphatic carbocycles. The number of nitrogens with zero attached hydrogens (tertiary/aromatic N) is 2. The number of hydrogen-bond donors (Lipinski definition) is 1. The van der Waals surface area contributed by atoms with Crippen LogP contribution in [0.4, 0.5) is 4.79 Å². The third-order valence-corrected chi connectivity index (χ3v) is 4.32. The molecule has 0 saturated heterocycles. The maximum Gasteiger partial charge on any atom is 0.404 e. The van der Waals surface area contributed by atoms with Gasteiger partial charge >= 0.3 is 6.09 Å². The highest BCUT2D eigenvalue weighted by molar-refractivity contribution is 7.99. The smallest absolute Gasteiger partial charge is 0.404 e. The molecular weight excluding hydrogens is 298 g/mol. The lowest BCUT2D eigenvalue weighted by Crippen LogP contribution is -2.15. The summed E-state index contributed by atoms with van der Waals surface area (Å²) >= 11 is 1.68. The number of hydrogen-bond acceptors (Lipinski definition) is 4. The lowest BCUT2D eigenvalue weighted by Gasteiger charge is -2.11. The number of carbonyl (C=O) groups excluding carboxylic acids is 1. The standard InChI is InChI=1S/C16H21N3O2S/c1-4-19-13(10-21-16(17)20)18-14(11(2)3)15(19)22-12-8-6-5-7-9-12/h5-9,11H,4,10H2,1-3H3,(H2,17,20). The van der Waals surface area contributed by atoms with Gasteiger partial charge in [0.05, 0.1) is 5.69 Å². The summed E-state index contributed by atoms with van der Waals surface area (Å²) in [5.74, 6) is 1.01. The van der Waals surface area contributed by atoms with E-state index in [1.165, 1.54) is 0 Å². The third-order valence-electron chi connectivity index (χ3n) is 3.19. The van der Waals surface area contributed by atoms with Crippen LogP contribution in [0.2, 0.25) is 0 Å². The Hall–Kier alpha value is -1.95. The van der Waals surface area contributed by atoms with E-state index in [-0.39, 0.29) is 12.5 Å². The topological polar surface area (TPSA) is 70.1 Å². The van der Waals surface area contributed by atoms with Crippen LogP contribution in [0.15, 0.2) is 40.3 Å². The number of imidazole rings is 1. The van der Waals surface area contributed by atoms with Crippen LogP contribution in [0.5, 0.6) is 0 Å². The van der Waals surface area contributed by atoms with E-state index < -0.39 is 6.09 Å². The summed E-state index contributed by atoms with van der Waals surface area (Å²) in [6.07, 6.45) is -0.783. The van der Waals surface area contributed by atoms with E-state index in [4.69, 9.17) is 10.5 Å². The molecule has 0 bridgehead atoms. The van der Waals surface area contributed by atoms with E-state index in [0.29, 0.717) is 0 Å². The summed E-state index contributed by atoms with van der Waals surface area (Å²) in [7, 11) is 0. The number of benzene rings is 1. The van der Waals surface area contributed by atoms with Gasteiger partial charge in [-0.1, -0.05) is 43.8 Å². The number of amides is 1. The van der Waals surface area contributed by atoms with E-state index in [0.717, 1.165) is 28.0 Å². The van der Waals surface area contributed by atoms with E-state index in [1.54, 1.807) is 11.8 Å². The van der Waals surface area contributed by atoms with Gasteiger partial charge in [-0.05, 0) is 25.0 Å². The van der Waals surface area contributed by atoms with Crippen LogP contribution in [0.3, 0.4) is 0 Å². The molecule has 118 valence electrons. The maximum atomic E-state index is 10.8. The van der Waals surface area contributed by atoms with Gasteiger partial charge in [-0.2, -0.15) is 0 Å². The van der Waals surface area contributed by atoms with Crippen molar-refractivity contribution < 1.29 is 9.53 Å². The van der Waals surface area contributed by atoms with Gasteiger partial charge in [-0.3, -0.25) is 0 Å². The molecule has 2 rings (SSSR count). The average molecular weight is 319 g/mol. The second-order valence-electron chi connectivity index (χ2n) is 5.14. The molecular formula is C16H21N3O2S. The Morgan fingerprint density at radius 3 is 2.59 bits per heavy atom. The molecule has 0 aliphatic heterocycles. The third kappa shape index (κ3) is 3.82. The minimum absolute atomic E-state index is 0.0955. The molecule has 2 N–H and O–H groups in total. The molecule has 0 unspecified atom stereocenters. The maximum absolute atomic E-state index is 10.8. The summed E-state index contributed by atoms with van der Waals surface area (Å²) in [6, 6.07) is 10.2. The van der Waals surface area contributed by atoms with Crippen molar-refractivity contribution in [1.29, 1.82) is 0 Å². The van der Waals surface area contributed by atoms with Crippen molar-refractivity contribution in [2.24, 2.45) is 5.73 Å². The predicted octanol–water partition coefficient (Wildman–Crippen LogP) is 3.77. The lowest BCUT2D eigenvalue weighted by atomic mass is 10.1. The van der Waals surface area contributed by atoms with Crippen molar-refractivity contribution in [1.82, 2.24) is 9.55 Å². The Morgan fingerprint density at radius 2 is 2.05 bits per heavy atom. The van der Waals surface area contributed by atoms with Crippen molar-refractivity contribution in [2.75, 3.05) is 0 Å². The first-order valence-corrected chi connectivity index (χ1v) is 8.09. The van der Waals surface area contributed by atoms with E-state index in [9.17, 15) is 4.79 Å². The Morgan fingerprint density at radius 1 is 1.36 bits per heavy atom. The van der Waals surface area contributed by atoms with Gasteiger partial charge in [0, 0.05) is 11.4 Å². The predicted molar refractivity (Wildman–Crippen MR) is 86.9 cm³/mol. The van der Waals surface area contributed by atoms with Crippen molar-refractivity contribution in [3.05, 3.63) is 41.9 Å². The quantitative estimate of drug-likeness (QED) is 0.880. The summed E-state index contributed by atoms with van der Waals surface area (Å²) in [5.41, 5.74) is 6.07. The Labute approximate surface area is 134 Å². The summed E-state index contributed by atoms with van der Waals surface area (Å²) in [4.78, 5) is 16.7. The van der Waals surface area contributed by atoms with Gasteiger partial charge < -0.3 is 15.0 Å². The zero-order valence-electron chi connectivity index (χ0n) is 13.1. The molecule has 0 saturated carbocycles. The van der Waals surface area contributed by atoms with Crippen LogP contribution >= 0.6 is 11.8 Å². The van der Waals surface area contributed by atoms with Crippen molar-refractivity contribution in [2.45, 2.75) is 49.8 Å². The van der Waals surface area contributed by atoms with E-state index in [1.807, 2.05) is 18.2 Å². The average Bonchev–Trinajstić information content (AvgIpc) is 2.84. The molecule has 2 aromatic rings. The van der Waals surface area contributed by atoms with Crippen LogP contribution in [0, 0.1) is 0 Å².